The number of nitrogens with one attached hydrogen (secondary N) is 1. The minimum Gasteiger partial charge on any atom is -0.336 e. The van der Waals surface area contributed by atoms with Crippen LogP contribution in [-0.2, 0) is 19.4 Å². The number of likely N-dealkylation sites (N-methyl/N-ethyl adjacent to an activating group) is 1. The number of carbonyl (C=O) groups excluding carboxylic acids is 1. The van der Waals surface area contributed by atoms with Gasteiger partial charge in [0.15, 0.2) is 5.69 Å². The third-order valence-electron chi connectivity index (χ3n) is 6.01. The summed E-state index contributed by atoms with van der Waals surface area (Å²) in [5.41, 5.74) is 3.20. The van der Waals surface area contributed by atoms with E-state index in [2.05, 4.69) is 42.7 Å². The second-order valence-electron chi connectivity index (χ2n) is 8.62. The first kappa shape index (κ1) is 20.3. The van der Waals surface area contributed by atoms with E-state index in [4.69, 9.17) is 5.10 Å². The molecule has 2 aliphatic rings. The lowest BCUT2D eigenvalue weighted by molar-refractivity contribution is 0.0754. The topological polar surface area (TPSA) is 53.4 Å². The van der Waals surface area contributed by atoms with Gasteiger partial charge in [-0.1, -0.05) is 13.8 Å². The molecule has 6 nitrogen and oxygen atoms in total. The fourth-order valence-corrected chi connectivity index (χ4v) is 4.27. The van der Waals surface area contributed by atoms with Crippen molar-refractivity contribution in [1.82, 2.24) is 24.9 Å². The van der Waals surface area contributed by atoms with Crippen LogP contribution in [0.5, 0.6) is 0 Å². The van der Waals surface area contributed by atoms with Gasteiger partial charge in [-0.3, -0.25) is 9.48 Å². The van der Waals surface area contributed by atoms with Crippen LogP contribution in [0.25, 0.3) is 0 Å². The zero-order valence-corrected chi connectivity index (χ0v) is 17.6. The summed E-state index contributed by atoms with van der Waals surface area (Å²) in [6, 6.07) is 0.465. The van der Waals surface area contributed by atoms with Crippen LogP contribution in [-0.4, -0.2) is 71.3 Å². The summed E-state index contributed by atoms with van der Waals surface area (Å²) in [4.78, 5) is 17.6. The van der Waals surface area contributed by atoms with Gasteiger partial charge in [-0.25, -0.2) is 0 Å². The average molecular weight is 376 g/mol. The van der Waals surface area contributed by atoms with Crippen LogP contribution < -0.4 is 5.32 Å². The van der Waals surface area contributed by atoms with Gasteiger partial charge in [0.2, 0.25) is 0 Å². The lowest BCUT2D eigenvalue weighted by Gasteiger charge is -2.26. The summed E-state index contributed by atoms with van der Waals surface area (Å²) in [6.07, 6.45) is 5.33. The molecule has 1 saturated heterocycles. The lowest BCUT2D eigenvalue weighted by atomic mass is 9.90. The molecule has 1 fully saturated rings. The van der Waals surface area contributed by atoms with Crippen LogP contribution >= 0.6 is 0 Å². The van der Waals surface area contributed by atoms with E-state index in [1.54, 1.807) is 0 Å². The number of hydrogen-bond donors (Lipinski definition) is 1. The minimum atomic E-state index is 0.136. The molecule has 0 saturated carbocycles. The van der Waals surface area contributed by atoms with Gasteiger partial charge in [0.1, 0.15) is 0 Å². The van der Waals surface area contributed by atoms with Crippen LogP contribution in [0.4, 0.5) is 0 Å². The third-order valence-corrected chi connectivity index (χ3v) is 6.01. The van der Waals surface area contributed by atoms with Gasteiger partial charge in [0.25, 0.3) is 5.91 Å². The Morgan fingerprint density at radius 1 is 1.26 bits per heavy atom. The summed E-state index contributed by atoms with van der Waals surface area (Å²) in [5, 5.41) is 8.48. The molecule has 6 heteroatoms. The van der Waals surface area contributed by atoms with Crippen molar-refractivity contribution in [3.63, 3.8) is 0 Å². The van der Waals surface area contributed by atoms with E-state index in [0.717, 1.165) is 70.9 Å². The standard InChI is InChI=1S/C21H37N5O/c1-5-26-19-8-7-17(22-10-9-16(2)3)15-18(19)20(23-26)21(27)25-12-6-11-24(4)13-14-25/h16-17,22H,5-15H2,1-4H3/t17-/m1/s1. The van der Waals surface area contributed by atoms with Crippen LogP contribution in [0.3, 0.4) is 0 Å². The Hall–Kier alpha value is -1.40. The summed E-state index contributed by atoms with van der Waals surface area (Å²) < 4.78 is 2.07. The van der Waals surface area contributed by atoms with Gasteiger partial charge >= 0.3 is 0 Å². The first-order valence-electron chi connectivity index (χ1n) is 10.8. The number of nitrogens with zero attached hydrogens (tertiary/aromatic N) is 4. The highest BCUT2D eigenvalue weighted by Gasteiger charge is 2.31. The molecule has 1 atom stereocenters. The van der Waals surface area contributed by atoms with Crippen molar-refractivity contribution < 1.29 is 4.79 Å². The maximum absolute atomic E-state index is 13.3. The molecule has 0 bridgehead atoms. The molecule has 1 aliphatic carbocycles. The first-order chi connectivity index (χ1) is 13.0. The van der Waals surface area contributed by atoms with Crippen LogP contribution in [0, 0.1) is 5.92 Å². The summed E-state index contributed by atoms with van der Waals surface area (Å²) >= 11 is 0. The van der Waals surface area contributed by atoms with Crippen molar-refractivity contribution in [1.29, 1.82) is 0 Å². The van der Waals surface area contributed by atoms with Crippen molar-refractivity contribution in [2.24, 2.45) is 5.92 Å². The molecule has 1 aromatic heterocycles. The van der Waals surface area contributed by atoms with E-state index >= 15 is 0 Å². The van der Waals surface area contributed by atoms with Crippen molar-refractivity contribution in [3.05, 3.63) is 17.0 Å². The molecule has 0 unspecified atom stereocenters. The molecule has 3 rings (SSSR count). The number of aryl methyl sites for hydroxylation is 1. The van der Waals surface area contributed by atoms with E-state index in [-0.39, 0.29) is 5.91 Å². The fourth-order valence-electron chi connectivity index (χ4n) is 4.27. The summed E-state index contributed by atoms with van der Waals surface area (Å²) in [6.45, 7) is 12.2. The molecule has 152 valence electrons. The van der Waals surface area contributed by atoms with Gasteiger partial charge in [-0.2, -0.15) is 5.10 Å². The van der Waals surface area contributed by atoms with E-state index in [1.807, 2.05) is 4.90 Å². The molecule has 27 heavy (non-hydrogen) atoms. The maximum atomic E-state index is 13.3. The molecule has 0 aromatic carbocycles. The van der Waals surface area contributed by atoms with Gasteiger partial charge in [0.05, 0.1) is 0 Å². The number of rotatable bonds is 6. The normalized spacial score (nSPS) is 21.4. The predicted octanol–water partition coefficient (Wildman–Crippen LogP) is 2.17. The average Bonchev–Trinajstić information content (AvgIpc) is 2.87. The van der Waals surface area contributed by atoms with Crippen molar-refractivity contribution in [2.75, 3.05) is 39.8 Å². The highest BCUT2D eigenvalue weighted by molar-refractivity contribution is 5.94. The Kier molecular flexibility index (Phi) is 6.93. The Morgan fingerprint density at radius 2 is 2.07 bits per heavy atom. The lowest BCUT2D eigenvalue weighted by Crippen LogP contribution is -2.38. The number of aromatic nitrogens is 2. The van der Waals surface area contributed by atoms with Crippen molar-refractivity contribution >= 4 is 5.91 Å². The molecule has 1 N–H and O–H groups in total. The zero-order valence-electron chi connectivity index (χ0n) is 17.6. The van der Waals surface area contributed by atoms with E-state index < -0.39 is 0 Å². The number of fused-ring (bicyclic) bond motifs is 1. The monoisotopic (exact) mass is 375 g/mol. The van der Waals surface area contributed by atoms with Crippen LogP contribution in [0.15, 0.2) is 0 Å². The largest absolute Gasteiger partial charge is 0.336 e. The maximum Gasteiger partial charge on any atom is 0.274 e. The van der Waals surface area contributed by atoms with E-state index in [0.29, 0.717) is 11.7 Å². The molecular formula is C21H37N5O. The van der Waals surface area contributed by atoms with Crippen molar-refractivity contribution in [2.45, 2.75) is 65.5 Å². The highest BCUT2D eigenvalue weighted by atomic mass is 16.2. The SMILES string of the molecule is CCn1nc(C(=O)N2CCCN(C)CC2)c2c1CC[C@@H](NCCC(C)C)C2. The molecule has 1 aromatic rings. The van der Waals surface area contributed by atoms with Gasteiger partial charge in [-0.05, 0) is 65.1 Å². The zero-order chi connectivity index (χ0) is 19.4. The second kappa shape index (κ2) is 9.20. The smallest absolute Gasteiger partial charge is 0.274 e. The Labute approximate surface area is 164 Å². The second-order valence-corrected chi connectivity index (χ2v) is 8.62. The van der Waals surface area contributed by atoms with Crippen LogP contribution in [0.2, 0.25) is 0 Å². The molecular weight excluding hydrogens is 338 g/mol. The molecule has 0 radical (unpaired) electrons. The quantitative estimate of drug-likeness (QED) is 0.828. The fraction of sp³-hybridized carbons (Fsp3) is 0.810. The molecule has 1 aliphatic heterocycles. The van der Waals surface area contributed by atoms with E-state index in [9.17, 15) is 4.79 Å². The number of carbonyl (C=O) groups is 1. The first-order valence-corrected chi connectivity index (χ1v) is 10.8. The molecule has 0 spiro atoms. The minimum absolute atomic E-state index is 0.136. The van der Waals surface area contributed by atoms with Gasteiger partial charge in [0, 0.05) is 43.5 Å². The molecule has 1 amide bonds. The van der Waals surface area contributed by atoms with E-state index in [1.165, 1.54) is 17.7 Å². The highest BCUT2D eigenvalue weighted by Crippen LogP contribution is 2.26. The van der Waals surface area contributed by atoms with Gasteiger partial charge < -0.3 is 15.1 Å². The Balaban J connectivity index is 1.74. The Morgan fingerprint density at radius 3 is 2.81 bits per heavy atom. The number of hydrogen-bond acceptors (Lipinski definition) is 4. The summed E-state index contributed by atoms with van der Waals surface area (Å²) in [5.74, 6) is 0.856. The van der Waals surface area contributed by atoms with Gasteiger partial charge in [-0.15, -0.1) is 0 Å². The predicted molar refractivity (Wildman–Crippen MR) is 109 cm³/mol. The van der Waals surface area contributed by atoms with Crippen molar-refractivity contribution in [3.8, 4) is 0 Å². The Bertz CT molecular complexity index is 639. The number of amides is 1. The molecule has 2 heterocycles. The summed E-state index contributed by atoms with van der Waals surface area (Å²) in [7, 11) is 2.13. The third kappa shape index (κ3) is 4.91. The van der Waals surface area contributed by atoms with Crippen LogP contribution in [0.1, 0.15) is 61.8 Å².